The molecule has 8 nitrogen and oxygen atoms in total. The monoisotopic (exact) mass is 533 g/mol. The second kappa shape index (κ2) is 10.2. The van der Waals surface area contributed by atoms with E-state index in [4.69, 9.17) is 14.0 Å². The first-order chi connectivity index (χ1) is 18.2. The molecule has 4 aromatic rings. The van der Waals surface area contributed by atoms with Gasteiger partial charge in [-0.25, -0.2) is 13.8 Å². The highest BCUT2D eigenvalue weighted by Gasteiger charge is 2.35. The maximum atomic E-state index is 14.2. The summed E-state index contributed by atoms with van der Waals surface area (Å²) in [5.41, 5.74) is -0.0332. The van der Waals surface area contributed by atoms with E-state index in [2.05, 4.69) is 20.2 Å². The van der Waals surface area contributed by atoms with Crippen LogP contribution in [0.2, 0.25) is 0 Å². The molecule has 0 fully saturated rings. The lowest BCUT2D eigenvalue weighted by Crippen LogP contribution is -2.21. The standard InChI is InChI=1S/C25H20F5N5O3/c1-36-7-8-37-14-5-6-16(18(9-14)25(28,29)30)20-10-15(38-34-20)12-35-13-22-21(11-31-35)32-24(33-22)17-3-2-4-19(26)23(17)27/h2-6,9-11H,7-8,12-13H2,1H3,(H,32,33). The van der Waals surface area contributed by atoms with E-state index in [1.807, 2.05) is 0 Å². The van der Waals surface area contributed by atoms with Gasteiger partial charge in [-0.05, 0) is 30.3 Å². The van der Waals surface area contributed by atoms with Crippen molar-refractivity contribution in [3.63, 3.8) is 0 Å². The van der Waals surface area contributed by atoms with Crippen molar-refractivity contribution >= 4 is 6.21 Å². The maximum Gasteiger partial charge on any atom is 0.417 e. The molecule has 5 rings (SSSR count). The summed E-state index contributed by atoms with van der Waals surface area (Å²) in [6.07, 6.45) is -3.21. The number of aromatic amines is 1. The van der Waals surface area contributed by atoms with Crippen LogP contribution in [-0.2, 0) is 24.0 Å². The molecule has 0 spiro atoms. The quantitative estimate of drug-likeness (QED) is 0.241. The van der Waals surface area contributed by atoms with E-state index < -0.39 is 23.4 Å². The molecule has 0 bridgehead atoms. The molecule has 0 saturated carbocycles. The molecule has 0 atom stereocenters. The van der Waals surface area contributed by atoms with Crippen molar-refractivity contribution < 1.29 is 35.9 Å². The second-order valence-electron chi connectivity index (χ2n) is 8.34. The molecule has 38 heavy (non-hydrogen) atoms. The molecule has 2 aromatic carbocycles. The van der Waals surface area contributed by atoms with Crippen LogP contribution in [0, 0.1) is 11.6 Å². The Kier molecular flexibility index (Phi) is 6.85. The number of benzene rings is 2. The van der Waals surface area contributed by atoms with Gasteiger partial charge in [0.2, 0.25) is 0 Å². The molecule has 1 N–H and O–H groups in total. The van der Waals surface area contributed by atoms with Crippen molar-refractivity contribution in [1.82, 2.24) is 20.1 Å². The van der Waals surface area contributed by atoms with E-state index in [-0.39, 0.29) is 60.5 Å². The van der Waals surface area contributed by atoms with Crippen molar-refractivity contribution in [3.05, 3.63) is 76.8 Å². The zero-order valence-electron chi connectivity index (χ0n) is 19.9. The summed E-state index contributed by atoms with van der Waals surface area (Å²) >= 11 is 0. The number of alkyl halides is 3. The van der Waals surface area contributed by atoms with Gasteiger partial charge in [0, 0.05) is 18.7 Å². The number of methoxy groups -OCH3 is 1. The number of hydrogen-bond donors (Lipinski definition) is 1. The number of aromatic nitrogens is 3. The maximum absolute atomic E-state index is 14.2. The molecule has 2 aromatic heterocycles. The van der Waals surface area contributed by atoms with Crippen molar-refractivity contribution in [3.8, 4) is 28.4 Å². The number of ether oxygens (including phenoxy) is 2. The van der Waals surface area contributed by atoms with Gasteiger partial charge in [-0.2, -0.15) is 18.3 Å². The number of imidazole rings is 1. The number of halogens is 5. The number of hydrogen-bond acceptors (Lipinski definition) is 7. The zero-order chi connectivity index (χ0) is 26.9. The number of fused-ring (bicyclic) bond motifs is 1. The fourth-order valence-electron chi connectivity index (χ4n) is 3.93. The summed E-state index contributed by atoms with van der Waals surface area (Å²) < 4.78 is 84.6. The summed E-state index contributed by atoms with van der Waals surface area (Å²) in [5.74, 6) is -1.54. The average molecular weight is 533 g/mol. The van der Waals surface area contributed by atoms with Crippen LogP contribution in [0.25, 0.3) is 22.6 Å². The summed E-state index contributed by atoms with van der Waals surface area (Å²) in [5, 5.41) is 9.65. The number of H-pyrrole nitrogens is 1. The molecule has 3 heterocycles. The third-order valence-corrected chi connectivity index (χ3v) is 5.73. The van der Waals surface area contributed by atoms with Gasteiger partial charge in [-0.1, -0.05) is 11.2 Å². The Balaban J connectivity index is 1.32. The van der Waals surface area contributed by atoms with Gasteiger partial charge in [0.1, 0.15) is 29.6 Å². The first-order valence-corrected chi connectivity index (χ1v) is 11.3. The minimum Gasteiger partial charge on any atom is -0.491 e. The fourth-order valence-corrected chi connectivity index (χ4v) is 3.93. The van der Waals surface area contributed by atoms with E-state index in [1.54, 1.807) is 5.01 Å². The predicted octanol–water partition coefficient (Wildman–Crippen LogP) is 5.40. The molecule has 0 radical (unpaired) electrons. The third kappa shape index (κ3) is 5.23. The minimum absolute atomic E-state index is 0.00264. The van der Waals surface area contributed by atoms with Crippen LogP contribution in [0.1, 0.15) is 22.7 Å². The van der Waals surface area contributed by atoms with E-state index in [9.17, 15) is 22.0 Å². The molecule has 198 valence electrons. The molecular formula is C25H20F5N5O3. The van der Waals surface area contributed by atoms with Crippen molar-refractivity contribution in [2.75, 3.05) is 20.3 Å². The van der Waals surface area contributed by atoms with E-state index in [1.165, 1.54) is 43.7 Å². The fraction of sp³-hybridized carbons (Fsp3) is 0.240. The second-order valence-corrected chi connectivity index (χ2v) is 8.34. The largest absolute Gasteiger partial charge is 0.491 e. The molecular weight excluding hydrogens is 513 g/mol. The Bertz CT molecular complexity index is 1480. The Hall–Kier alpha value is -4.26. The Labute approximate surface area is 212 Å². The van der Waals surface area contributed by atoms with E-state index >= 15 is 0 Å². The molecule has 1 aliphatic heterocycles. The molecule has 1 aliphatic rings. The van der Waals surface area contributed by atoms with Crippen LogP contribution in [0.15, 0.2) is 52.1 Å². The van der Waals surface area contributed by atoms with Gasteiger partial charge in [0.25, 0.3) is 0 Å². The Morgan fingerprint density at radius 1 is 1.08 bits per heavy atom. The number of nitrogens with zero attached hydrogens (tertiary/aromatic N) is 4. The highest BCUT2D eigenvalue weighted by molar-refractivity contribution is 5.80. The van der Waals surface area contributed by atoms with Gasteiger partial charge in [0.05, 0.1) is 42.7 Å². The first-order valence-electron chi connectivity index (χ1n) is 11.3. The molecule has 0 aliphatic carbocycles. The SMILES string of the molecule is COCCOc1ccc(-c2cc(CN3Cc4[nH]c(-c5cccc(F)c5F)nc4C=N3)on2)c(C(F)(F)F)c1. The highest BCUT2D eigenvalue weighted by Crippen LogP contribution is 2.39. The van der Waals surface area contributed by atoms with Crippen LogP contribution < -0.4 is 4.74 Å². The number of rotatable bonds is 8. The van der Waals surface area contributed by atoms with Crippen molar-refractivity contribution in [2.45, 2.75) is 19.3 Å². The zero-order valence-corrected chi connectivity index (χ0v) is 19.9. The normalized spacial score (nSPS) is 13.2. The van der Waals surface area contributed by atoms with E-state index in [0.29, 0.717) is 11.4 Å². The molecule has 0 saturated heterocycles. The average Bonchev–Trinajstić information content (AvgIpc) is 3.52. The van der Waals surface area contributed by atoms with Gasteiger partial charge < -0.3 is 19.0 Å². The van der Waals surface area contributed by atoms with Crippen molar-refractivity contribution in [1.29, 1.82) is 0 Å². The van der Waals surface area contributed by atoms with Crippen LogP contribution in [0.5, 0.6) is 5.75 Å². The van der Waals surface area contributed by atoms with Crippen LogP contribution in [0.3, 0.4) is 0 Å². The third-order valence-electron chi connectivity index (χ3n) is 5.73. The lowest BCUT2D eigenvalue weighted by molar-refractivity contribution is -0.137. The smallest absolute Gasteiger partial charge is 0.417 e. The molecule has 13 heteroatoms. The number of hydrazone groups is 1. The minimum atomic E-state index is -4.65. The summed E-state index contributed by atoms with van der Waals surface area (Å²) in [4.78, 5) is 7.24. The summed E-state index contributed by atoms with van der Waals surface area (Å²) in [6, 6.07) is 8.80. The molecule has 0 unspecified atom stereocenters. The van der Waals surface area contributed by atoms with Gasteiger partial charge in [-0.3, -0.25) is 5.01 Å². The molecule has 0 amide bonds. The Morgan fingerprint density at radius 2 is 1.92 bits per heavy atom. The Morgan fingerprint density at radius 3 is 2.71 bits per heavy atom. The van der Waals surface area contributed by atoms with Crippen LogP contribution >= 0.6 is 0 Å². The lowest BCUT2D eigenvalue weighted by Gasteiger charge is -2.19. The summed E-state index contributed by atoms with van der Waals surface area (Å²) in [7, 11) is 1.46. The van der Waals surface area contributed by atoms with Crippen LogP contribution in [0.4, 0.5) is 22.0 Å². The van der Waals surface area contributed by atoms with Crippen LogP contribution in [-0.4, -0.2) is 46.7 Å². The first kappa shape index (κ1) is 25.4. The van der Waals surface area contributed by atoms with Gasteiger partial charge >= 0.3 is 6.18 Å². The van der Waals surface area contributed by atoms with Gasteiger partial charge in [-0.15, -0.1) is 0 Å². The highest BCUT2D eigenvalue weighted by atomic mass is 19.4. The van der Waals surface area contributed by atoms with Gasteiger partial charge in [0.15, 0.2) is 17.4 Å². The van der Waals surface area contributed by atoms with E-state index in [0.717, 1.165) is 12.1 Å². The predicted molar refractivity (Wildman–Crippen MR) is 125 cm³/mol. The number of nitrogens with one attached hydrogen (secondary N) is 1. The topological polar surface area (TPSA) is 88.8 Å². The van der Waals surface area contributed by atoms with Crippen molar-refractivity contribution in [2.24, 2.45) is 5.10 Å². The summed E-state index contributed by atoms with van der Waals surface area (Å²) in [6.45, 7) is 0.643. The lowest BCUT2D eigenvalue weighted by atomic mass is 10.0.